The summed E-state index contributed by atoms with van der Waals surface area (Å²) in [4.78, 5) is 14.9. The van der Waals surface area contributed by atoms with E-state index in [0.717, 1.165) is 30.8 Å². The number of nitrogens with zero attached hydrogens (tertiary/aromatic N) is 3. The quantitative estimate of drug-likeness (QED) is 0.638. The van der Waals surface area contributed by atoms with Gasteiger partial charge in [-0.3, -0.25) is 14.4 Å². The molecule has 0 spiro atoms. The minimum absolute atomic E-state index is 0.111. The molecule has 3 aromatic rings. The van der Waals surface area contributed by atoms with Crippen LogP contribution in [0.25, 0.3) is 0 Å². The maximum Gasteiger partial charge on any atom is 0.254 e. The molecule has 31 heavy (non-hydrogen) atoms. The van der Waals surface area contributed by atoms with E-state index in [-0.39, 0.29) is 18.1 Å². The van der Waals surface area contributed by atoms with Gasteiger partial charge in [0.25, 0.3) is 5.91 Å². The molecule has 1 aliphatic heterocycles. The van der Waals surface area contributed by atoms with Crippen LogP contribution in [0.5, 0.6) is 0 Å². The summed E-state index contributed by atoms with van der Waals surface area (Å²) in [6.07, 6.45) is 3.95. The molecule has 1 fully saturated rings. The van der Waals surface area contributed by atoms with Gasteiger partial charge < -0.3 is 10.1 Å². The number of ether oxygens (including phenoxy) is 1. The van der Waals surface area contributed by atoms with E-state index in [1.54, 1.807) is 17.1 Å². The lowest BCUT2D eigenvalue weighted by atomic mass is 10.1. The minimum atomic E-state index is -0.111. The number of morpholine rings is 1. The van der Waals surface area contributed by atoms with E-state index in [9.17, 15) is 4.79 Å². The van der Waals surface area contributed by atoms with Crippen LogP contribution >= 0.6 is 0 Å². The van der Waals surface area contributed by atoms with Crippen LogP contribution in [-0.2, 0) is 24.4 Å². The normalized spacial score (nSPS) is 19.3. The van der Waals surface area contributed by atoms with Gasteiger partial charge in [0.15, 0.2) is 0 Å². The summed E-state index contributed by atoms with van der Waals surface area (Å²) in [5.74, 6) is -0.111. The van der Waals surface area contributed by atoms with Crippen molar-refractivity contribution in [1.82, 2.24) is 20.0 Å². The largest absolute Gasteiger partial charge is 0.373 e. The van der Waals surface area contributed by atoms with Crippen LogP contribution in [-0.4, -0.2) is 45.9 Å². The topological polar surface area (TPSA) is 59.4 Å². The first-order chi connectivity index (χ1) is 15.0. The van der Waals surface area contributed by atoms with Crippen LogP contribution in [0.1, 0.15) is 40.9 Å². The number of nitrogens with one attached hydrogen (secondary N) is 1. The van der Waals surface area contributed by atoms with Crippen LogP contribution in [0.3, 0.4) is 0 Å². The highest BCUT2D eigenvalue weighted by atomic mass is 16.5. The Morgan fingerprint density at radius 1 is 0.968 bits per heavy atom. The molecule has 4 rings (SSSR count). The molecule has 6 nitrogen and oxygen atoms in total. The van der Waals surface area contributed by atoms with Gasteiger partial charge >= 0.3 is 0 Å². The highest BCUT2D eigenvalue weighted by molar-refractivity contribution is 5.93. The van der Waals surface area contributed by atoms with E-state index in [1.165, 1.54) is 5.56 Å². The fourth-order valence-corrected chi connectivity index (χ4v) is 4.06. The lowest BCUT2D eigenvalue weighted by molar-refractivity contribution is -0.0704. The smallest absolute Gasteiger partial charge is 0.254 e. The third-order valence-corrected chi connectivity index (χ3v) is 5.46. The predicted molar refractivity (Wildman–Crippen MR) is 121 cm³/mol. The van der Waals surface area contributed by atoms with Crippen molar-refractivity contribution >= 4 is 5.91 Å². The number of hydrogen-bond acceptors (Lipinski definition) is 4. The second-order valence-corrected chi connectivity index (χ2v) is 8.36. The molecular weight excluding hydrogens is 388 g/mol. The Morgan fingerprint density at radius 2 is 1.61 bits per heavy atom. The number of carbonyl (C=O) groups is 1. The van der Waals surface area contributed by atoms with Crippen molar-refractivity contribution < 1.29 is 9.53 Å². The summed E-state index contributed by atoms with van der Waals surface area (Å²) >= 11 is 0. The fourth-order valence-electron chi connectivity index (χ4n) is 4.06. The molecule has 6 heteroatoms. The van der Waals surface area contributed by atoms with Gasteiger partial charge in [0, 0.05) is 32.4 Å². The number of amides is 1. The lowest BCUT2D eigenvalue weighted by Crippen LogP contribution is -2.44. The molecule has 1 amide bonds. The van der Waals surface area contributed by atoms with Gasteiger partial charge in [0.1, 0.15) is 0 Å². The van der Waals surface area contributed by atoms with Gasteiger partial charge in [0.2, 0.25) is 0 Å². The first-order valence-corrected chi connectivity index (χ1v) is 10.9. The molecule has 2 aromatic carbocycles. The number of hydrogen-bond donors (Lipinski definition) is 1. The lowest BCUT2D eigenvalue weighted by Gasteiger charge is -2.35. The molecule has 1 aromatic heterocycles. The van der Waals surface area contributed by atoms with E-state index in [1.807, 2.05) is 30.3 Å². The fraction of sp³-hybridized carbons (Fsp3) is 0.360. The van der Waals surface area contributed by atoms with E-state index < -0.39 is 0 Å². The molecule has 1 saturated heterocycles. The monoisotopic (exact) mass is 418 g/mol. The first-order valence-electron chi connectivity index (χ1n) is 10.9. The summed E-state index contributed by atoms with van der Waals surface area (Å²) in [6.45, 7) is 8.23. The Morgan fingerprint density at radius 3 is 2.32 bits per heavy atom. The molecule has 1 aliphatic rings. The highest BCUT2D eigenvalue weighted by Crippen LogP contribution is 2.15. The standard InChI is InChI=1S/C25H30N4O2/c1-19-14-28(15-20(2)31-19)16-23-10-8-21(9-11-23)12-26-25(30)24-13-27-29(18-24)17-22-6-4-3-5-7-22/h3-11,13,18-20H,12,14-17H2,1-2H3,(H,26,30). The molecule has 0 bridgehead atoms. The number of aromatic nitrogens is 2. The van der Waals surface area contributed by atoms with Gasteiger partial charge in [-0.2, -0.15) is 5.10 Å². The maximum absolute atomic E-state index is 12.5. The van der Waals surface area contributed by atoms with E-state index >= 15 is 0 Å². The molecule has 2 unspecified atom stereocenters. The number of rotatable bonds is 7. The molecule has 0 saturated carbocycles. The third kappa shape index (κ3) is 6.03. The zero-order chi connectivity index (χ0) is 21.6. The van der Waals surface area contributed by atoms with Crippen molar-refractivity contribution in [3.8, 4) is 0 Å². The van der Waals surface area contributed by atoms with Gasteiger partial charge in [-0.1, -0.05) is 54.6 Å². The maximum atomic E-state index is 12.5. The predicted octanol–water partition coefficient (Wildman–Crippen LogP) is 3.47. The van der Waals surface area contributed by atoms with Gasteiger partial charge in [-0.25, -0.2) is 0 Å². The summed E-state index contributed by atoms with van der Waals surface area (Å²) in [5, 5.41) is 7.29. The Bertz CT molecular complexity index is 974. The third-order valence-electron chi connectivity index (χ3n) is 5.46. The van der Waals surface area contributed by atoms with E-state index in [4.69, 9.17) is 4.74 Å². The molecule has 0 radical (unpaired) electrons. The van der Waals surface area contributed by atoms with E-state index in [2.05, 4.69) is 53.4 Å². The Kier molecular flexibility index (Phi) is 6.79. The zero-order valence-corrected chi connectivity index (χ0v) is 18.2. The SMILES string of the molecule is CC1CN(Cc2ccc(CNC(=O)c3cnn(Cc4ccccc4)c3)cc2)CC(C)O1. The average Bonchev–Trinajstić information content (AvgIpc) is 3.22. The van der Waals surface area contributed by atoms with Crippen LogP contribution < -0.4 is 5.32 Å². The van der Waals surface area contributed by atoms with Crippen LogP contribution in [0.4, 0.5) is 0 Å². The van der Waals surface area contributed by atoms with Crippen molar-refractivity contribution in [2.45, 2.75) is 45.7 Å². The first kappa shape index (κ1) is 21.3. The summed E-state index contributed by atoms with van der Waals surface area (Å²) in [5.41, 5.74) is 4.08. The molecule has 2 heterocycles. The Hall–Kier alpha value is -2.96. The van der Waals surface area contributed by atoms with Gasteiger partial charge in [0.05, 0.1) is 30.5 Å². The molecular formula is C25H30N4O2. The molecule has 2 atom stereocenters. The summed E-state index contributed by atoms with van der Waals surface area (Å²) in [6, 6.07) is 18.5. The summed E-state index contributed by atoms with van der Waals surface area (Å²) in [7, 11) is 0. The van der Waals surface area contributed by atoms with E-state index in [0.29, 0.717) is 18.7 Å². The van der Waals surface area contributed by atoms with Crippen molar-refractivity contribution in [1.29, 1.82) is 0 Å². The van der Waals surface area contributed by atoms with Crippen molar-refractivity contribution in [3.63, 3.8) is 0 Å². The van der Waals surface area contributed by atoms with Gasteiger partial charge in [-0.05, 0) is 30.5 Å². The molecule has 0 aliphatic carbocycles. The Balaban J connectivity index is 1.27. The van der Waals surface area contributed by atoms with Crippen LogP contribution in [0.15, 0.2) is 67.0 Å². The zero-order valence-electron chi connectivity index (χ0n) is 18.2. The van der Waals surface area contributed by atoms with Crippen molar-refractivity contribution in [3.05, 3.63) is 89.2 Å². The van der Waals surface area contributed by atoms with Crippen LogP contribution in [0, 0.1) is 0 Å². The van der Waals surface area contributed by atoms with Crippen molar-refractivity contribution in [2.75, 3.05) is 13.1 Å². The summed E-state index contributed by atoms with van der Waals surface area (Å²) < 4.78 is 7.59. The van der Waals surface area contributed by atoms with Gasteiger partial charge in [-0.15, -0.1) is 0 Å². The molecule has 162 valence electrons. The highest BCUT2D eigenvalue weighted by Gasteiger charge is 2.21. The van der Waals surface area contributed by atoms with Crippen LogP contribution in [0.2, 0.25) is 0 Å². The number of benzene rings is 2. The average molecular weight is 419 g/mol. The minimum Gasteiger partial charge on any atom is -0.373 e. The Labute approximate surface area is 183 Å². The molecule has 1 N–H and O–H groups in total. The number of carbonyl (C=O) groups excluding carboxylic acids is 1. The second-order valence-electron chi connectivity index (χ2n) is 8.36. The second kappa shape index (κ2) is 9.90. The van der Waals surface area contributed by atoms with Crippen molar-refractivity contribution in [2.24, 2.45) is 0 Å².